The van der Waals surface area contributed by atoms with E-state index in [0.29, 0.717) is 10.5 Å². The van der Waals surface area contributed by atoms with E-state index in [1.165, 1.54) is 31.4 Å². The number of hydrogen-bond donors (Lipinski definition) is 1. The van der Waals surface area contributed by atoms with Crippen LogP contribution in [0.25, 0.3) is 11.0 Å². The lowest BCUT2D eigenvalue weighted by molar-refractivity contribution is -0.122. The second kappa shape index (κ2) is 16.6. The lowest BCUT2D eigenvalue weighted by Crippen LogP contribution is -2.20. The van der Waals surface area contributed by atoms with E-state index in [1.54, 1.807) is 18.3 Å². The van der Waals surface area contributed by atoms with Gasteiger partial charge < -0.3 is 19.1 Å². The molecule has 2 fully saturated rings. The van der Waals surface area contributed by atoms with Crippen molar-refractivity contribution >= 4 is 29.1 Å². The molecule has 11 heteroatoms. The average Bonchev–Trinajstić information content (AvgIpc) is 3.53. The van der Waals surface area contributed by atoms with Gasteiger partial charge >= 0.3 is 0 Å². The maximum absolute atomic E-state index is 13.9. The van der Waals surface area contributed by atoms with Gasteiger partial charge in [-0.2, -0.15) is 0 Å². The Labute approximate surface area is 243 Å². The van der Waals surface area contributed by atoms with Gasteiger partial charge in [0.25, 0.3) is 6.47 Å². The number of nitrogens with zero attached hydrogens (tertiary/aromatic N) is 4. The summed E-state index contributed by atoms with van der Waals surface area (Å²) in [4.78, 5) is 19.3. The van der Waals surface area contributed by atoms with E-state index < -0.39 is 5.82 Å². The van der Waals surface area contributed by atoms with Crippen LogP contribution in [0.3, 0.4) is 0 Å². The van der Waals surface area contributed by atoms with Crippen LogP contribution in [0.1, 0.15) is 36.3 Å². The summed E-state index contributed by atoms with van der Waals surface area (Å²) in [5, 5.41) is 7.24. The second-order valence-electron chi connectivity index (χ2n) is 9.44. The third-order valence-corrected chi connectivity index (χ3v) is 6.55. The molecular formula is C30H35ClF2N4O4. The van der Waals surface area contributed by atoms with Crippen LogP contribution in [0, 0.1) is 18.6 Å². The summed E-state index contributed by atoms with van der Waals surface area (Å²) in [5.41, 5.74) is 3.08. The summed E-state index contributed by atoms with van der Waals surface area (Å²) in [6, 6.07) is 13.3. The maximum Gasteiger partial charge on any atom is 0.290 e. The van der Waals surface area contributed by atoms with Gasteiger partial charge in [0.2, 0.25) is 0 Å². The molecule has 2 aliphatic rings. The fraction of sp³-hybridized carbons (Fsp3) is 0.367. The molecule has 220 valence electrons. The number of benzene rings is 2. The number of halogens is 3. The highest BCUT2D eigenvalue weighted by Crippen LogP contribution is 2.23. The van der Waals surface area contributed by atoms with Gasteiger partial charge in [-0.3, -0.25) is 14.7 Å². The van der Waals surface area contributed by atoms with Crippen molar-refractivity contribution in [2.75, 3.05) is 26.3 Å². The first-order chi connectivity index (χ1) is 19.8. The molecule has 2 aromatic heterocycles. The minimum absolute atomic E-state index is 0.176. The lowest BCUT2D eigenvalue weighted by atomic mass is 10.2. The first kappa shape index (κ1) is 31.9. The van der Waals surface area contributed by atoms with Crippen molar-refractivity contribution in [2.45, 2.75) is 39.3 Å². The van der Waals surface area contributed by atoms with Crippen LogP contribution in [0.15, 0.2) is 54.7 Å². The average molecular weight is 589 g/mol. The van der Waals surface area contributed by atoms with E-state index in [9.17, 15) is 8.78 Å². The zero-order chi connectivity index (χ0) is 29.6. The molecule has 6 rings (SSSR count). The number of likely N-dealkylation sites (tertiary alicyclic amines) is 1. The number of aromatic nitrogens is 3. The van der Waals surface area contributed by atoms with Crippen LogP contribution in [-0.2, 0) is 29.7 Å². The Morgan fingerprint density at radius 3 is 2.34 bits per heavy atom. The Morgan fingerprint density at radius 1 is 1.07 bits per heavy atom. The predicted octanol–water partition coefficient (Wildman–Crippen LogP) is 6.18. The number of carbonyl (C=O) groups is 1. The molecule has 0 bridgehead atoms. The molecule has 4 aromatic rings. The van der Waals surface area contributed by atoms with Crippen LogP contribution in [-0.4, -0.2) is 57.3 Å². The van der Waals surface area contributed by atoms with Crippen molar-refractivity contribution in [2.24, 2.45) is 7.05 Å². The maximum atomic E-state index is 13.9. The standard InChI is InChI=1S/C14H18FN3.C12H9ClFNO.C3H6O.CH2O2/c1-10-7-11(15)14-12(8-10)17(2)13(16-14)9-18-5-3-4-6-18;13-9-4-5-12(11(14)7-9)16-8-10-3-1-2-6-15-10;1-2-4-3-1;2-1-3/h7-8H,3-6,9H2,1-2H3;1-7H,8H2;1-3H2;1H,(H,2,3). The number of ether oxygens (including phenoxy) is 2. The Bertz CT molecular complexity index is 1370. The number of imidazole rings is 1. The normalized spacial score (nSPS) is 14.0. The number of aryl methyl sites for hydroxylation is 2. The zero-order valence-corrected chi connectivity index (χ0v) is 24.0. The smallest absolute Gasteiger partial charge is 0.290 e. The highest BCUT2D eigenvalue weighted by atomic mass is 35.5. The van der Waals surface area contributed by atoms with Gasteiger partial charge in [0, 0.05) is 31.5 Å². The van der Waals surface area contributed by atoms with Crippen LogP contribution >= 0.6 is 11.6 Å². The molecule has 0 saturated carbocycles. The van der Waals surface area contributed by atoms with Gasteiger partial charge in [-0.05, 0) is 87.3 Å². The van der Waals surface area contributed by atoms with Crippen molar-refractivity contribution in [1.29, 1.82) is 0 Å². The summed E-state index contributed by atoms with van der Waals surface area (Å²) in [6.07, 6.45) is 5.46. The molecule has 0 atom stereocenters. The third-order valence-electron chi connectivity index (χ3n) is 6.31. The fourth-order valence-corrected chi connectivity index (χ4v) is 4.24. The number of pyridine rings is 1. The van der Waals surface area contributed by atoms with Crippen molar-refractivity contribution in [3.63, 3.8) is 0 Å². The Morgan fingerprint density at radius 2 is 1.76 bits per heavy atom. The topological polar surface area (TPSA) is 89.7 Å². The molecule has 2 aromatic carbocycles. The molecule has 4 heterocycles. The van der Waals surface area contributed by atoms with Gasteiger partial charge in [0.15, 0.2) is 17.4 Å². The Hall–Kier alpha value is -3.60. The van der Waals surface area contributed by atoms with E-state index in [1.807, 2.05) is 42.8 Å². The summed E-state index contributed by atoms with van der Waals surface area (Å²) in [7, 11) is 1.97. The van der Waals surface area contributed by atoms with E-state index in [2.05, 4.69) is 14.9 Å². The van der Waals surface area contributed by atoms with Gasteiger partial charge in [0.05, 0.1) is 17.8 Å². The molecule has 41 heavy (non-hydrogen) atoms. The first-order valence-corrected chi connectivity index (χ1v) is 13.7. The molecular weight excluding hydrogens is 554 g/mol. The SMILES string of the molecule is C1COC1.Cc1cc(F)c2nc(CN3CCCC3)n(C)c2c1.Fc1cc(Cl)ccc1OCc1ccccn1.O=CO. The molecule has 0 amide bonds. The molecule has 0 unspecified atom stereocenters. The molecule has 0 spiro atoms. The van der Waals surface area contributed by atoms with E-state index in [-0.39, 0.29) is 24.6 Å². The second-order valence-corrected chi connectivity index (χ2v) is 9.88. The summed E-state index contributed by atoms with van der Waals surface area (Å²) in [6.45, 7) is 6.98. The van der Waals surface area contributed by atoms with Crippen LogP contribution in [0.2, 0.25) is 5.02 Å². The van der Waals surface area contributed by atoms with Gasteiger partial charge in [-0.15, -0.1) is 0 Å². The number of rotatable bonds is 5. The summed E-state index contributed by atoms with van der Waals surface area (Å²) in [5.74, 6) is 0.447. The molecule has 2 saturated heterocycles. The third kappa shape index (κ3) is 10.1. The highest BCUT2D eigenvalue weighted by Gasteiger charge is 2.17. The minimum Gasteiger partial charge on any atom is -0.484 e. The highest BCUT2D eigenvalue weighted by molar-refractivity contribution is 6.30. The Balaban J connectivity index is 0.000000184. The summed E-state index contributed by atoms with van der Waals surface area (Å²) < 4.78 is 39.2. The first-order valence-electron chi connectivity index (χ1n) is 13.3. The monoisotopic (exact) mass is 588 g/mol. The lowest BCUT2D eigenvalue weighted by Gasteiger charge is -2.13. The minimum atomic E-state index is -0.469. The van der Waals surface area contributed by atoms with Crippen molar-refractivity contribution in [3.05, 3.63) is 88.5 Å². The molecule has 2 aliphatic heterocycles. The molecule has 1 N–H and O–H groups in total. The summed E-state index contributed by atoms with van der Waals surface area (Å²) >= 11 is 5.63. The Kier molecular flexibility index (Phi) is 12.9. The largest absolute Gasteiger partial charge is 0.484 e. The van der Waals surface area contributed by atoms with Crippen molar-refractivity contribution in [3.8, 4) is 5.75 Å². The molecule has 8 nitrogen and oxygen atoms in total. The van der Waals surface area contributed by atoms with Gasteiger partial charge in [0.1, 0.15) is 17.9 Å². The van der Waals surface area contributed by atoms with E-state index in [4.69, 9.17) is 31.0 Å². The van der Waals surface area contributed by atoms with Crippen molar-refractivity contribution in [1.82, 2.24) is 19.4 Å². The van der Waals surface area contributed by atoms with Crippen LogP contribution in [0.5, 0.6) is 5.75 Å². The van der Waals surface area contributed by atoms with E-state index in [0.717, 1.165) is 55.4 Å². The predicted molar refractivity (Wildman–Crippen MR) is 154 cm³/mol. The molecule has 0 radical (unpaired) electrons. The number of hydrogen-bond acceptors (Lipinski definition) is 6. The zero-order valence-electron chi connectivity index (χ0n) is 23.2. The number of fused-ring (bicyclic) bond motifs is 1. The number of carboxylic acid groups (broad SMARTS) is 1. The van der Waals surface area contributed by atoms with Crippen LogP contribution in [0.4, 0.5) is 8.78 Å². The fourth-order valence-electron chi connectivity index (χ4n) is 4.08. The quantitative estimate of drug-likeness (QED) is 0.279. The van der Waals surface area contributed by atoms with Crippen LogP contribution < -0.4 is 4.74 Å². The van der Waals surface area contributed by atoms with E-state index >= 15 is 0 Å². The molecule has 0 aliphatic carbocycles. The van der Waals surface area contributed by atoms with Crippen molar-refractivity contribution < 1.29 is 28.2 Å². The van der Waals surface area contributed by atoms with Gasteiger partial charge in [-0.25, -0.2) is 13.8 Å². The van der Waals surface area contributed by atoms with Gasteiger partial charge in [-0.1, -0.05) is 17.7 Å².